The van der Waals surface area contributed by atoms with Crippen LogP contribution in [0.3, 0.4) is 0 Å². The summed E-state index contributed by atoms with van der Waals surface area (Å²) >= 11 is 3.23. The van der Waals surface area contributed by atoms with Gasteiger partial charge in [0.15, 0.2) is 0 Å². The smallest absolute Gasteiger partial charge is 0.320 e. The molecular weight excluding hydrogens is 262 g/mol. The highest BCUT2D eigenvalue weighted by molar-refractivity contribution is 9.10. The molecule has 0 aromatic rings. The number of carbonyl (C=O) groups excluding carboxylic acids is 1. The van der Waals surface area contributed by atoms with Gasteiger partial charge in [-0.2, -0.15) is 0 Å². The number of aliphatic hydroxyl groups excluding tert-OH is 1. The maximum Gasteiger partial charge on any atom is 0.320 e. The molecule has 0 radical (unpaired) electrons. The standard InChI is InChI=1S/C10H20BrNO3/c1-15-10(14)9(11)8-12-6-4-2-3-5-7-13/h9,12-13H,2-8H2,1H3. The lowest BCUT2D eigenvalue weighted by molar-refractivity contribution is -0.139. The molecular formula is C10H20BrNO3. The van der Waals surface area contributed by atoms with Crippen LogP contribution in [0.4, 0.5) is 0 Å². The number of alkyl halides is 1. The SMILES string of the molecule is COC(=O)C(Br)CNCCCCCCO. The lowest BCUT2D eigenvalue weighted by Gasteiger charge is -2.08. The monoisotopic (exact) mass is 281 g/mol. The van der Waals surface area contributed by atoms with Gasteiger partial charge in [-0.05, 0) is 19.4 Å². The summed E-state index contributed by atoms with van der Waals surface area (Å²) in [5.74, 6) is -0.247. The first kappa shape index (κ1) is 14.9. The Bertz CT molecular complexity index is 167. The summed E-state index contributed by atoms with van der Waals surface area (Å²) in [5.41, 5.74) is 0. The lowest BCUT2D eigenvalue weighted by Crippen LogP contribution is -2.30. The number of hydrogen-bond acceptors (Lipinski definition) is 4. The van der Waals surface area contributed by atoms with Crippen molar-refractivity contribution in [1.82, 2.24) is 5.32 Å². The molecule has 5 heteroatoms. The van der Waals surface area contributed by atoms with E-state index in [2.05, 4.69) is 26.0 Å². The zero-order chi connectivity index (χ0) is 11.5. The van der Waals surface area contributed by atoms with Crippen LogP contribution >= 0.6 is 15.9 Å². The summed E-state index contributed by atoms with van der Waals surface area (Å²) in [5, 5.41) is 11.7. The van der Waals surface area contributed by atoms with Gasteiger partial charge in [-0.15, -0.1) is 0 Å². The van der Waals surface area contributed by atoms with E-state index in [0.717, 1.165) is 32.2 Å². The Morgan fingerprint density at radius 2 is 2.07 bits per heavy atom. The van der Waals surface area contributed by atoms with Crippen molar-refractivity contribution in [2.24, 2.45) is 0 Å². The van der Waals surface area contributed by atoms with Crippen molar-refractivity contribution in [3.05, 3.63) is 0 Å². The predicted molar refractivity (Wildman–Crippen MR) is 63.2 cm³/mol. The Morgan fingerprint density at radius 1 is 1.40 bits per heavy atom. The molecule has 0 fully saturated rings. The number of halogens is 1. The van der Waals surface area contributed by atoms with Crippen LogP contribution < -0.4 is 5.32 Å². The van der Waals surface area contributed by atoms with E-state index < -0.39 is 0 Å². The van der Waals surface area contributed by atoms with Crippen LogP contribution in [-0.2, 0) is 9.53 Å². The van der Waals surface area contributed by atoms with Crippen LogP contribution in [-0.4, -0.2) is 42.7 Å². The van der Waals surface area contributed by atoms with Gasteiger partial charge in [0, 0.05) is 13.2 Å². The van der Waals surface area contributed by atoms with E-state index in [0.29, 0.717) is 6.54 Å². The average Bonchev–Trinajstić information content (AvgIpc) is 2.26. The van der Waals surface area contributed by atoms with Crippen LogP contribution in [0.15, 0.2) is 0 Å². The molecule has 0 spiro atoms. The van der Waals surface area contributed by atoms with E-state index >= 15 is 0 Å². The normalized spacial score (nSPS) is 12.5. The summed E-state index contributed by atoms with van der Waals surface area (Å²) in [4.78, 5) is 10.7. The molecule has 15 heavy (non-hydrogen) atoms. The van der Waals surface area contributed by atoms with Gasteiger partial charge in [0.25, 0.3) is 0 Å². The molecule has 0 heterocycles. The third-order valence-electron chi connectivity index (χ3n) is 2.04. The molecule has 0 aliphatic carbocycles. The van der Waals surface area contributed by atoms with Crippen molar-refractivity contribution in [3.8, 4) is 0 Å². The molecule has 0 saturated carbocycles. The molecule has 4 nitrogen and oxygen atoms in total. The van der Waals surface area contributed by atoms with Crippen molar-refractivity contribution in [2.75, 3.05) is 26.8 Å². The summed E-state index contributed by atoms with van der Waals surface area (Å²) < 4.78 is 4.57. The summed E-state index contributed by atoms with van der Waals surface area (Å²) in [6.07, 6.45) is 4.12. The summed E-state index contributed by atoms with van der Waals surface area (Å²) in [6.45, 7) is 1.76. The Hall–Kier alpha value is -0.130. The van der Waals surface area contributed by atoms with Crippen LogP contribution in [0.25, 0.3) is 0 Å². The molecule has 0 saturated heterocycles. The van der Waals surface area contributed by atoms with Gasteiger partial charge in [-0.1, -0.05) is 28.8 Å². The highest BCUT2D eigenvalue weighted by atomic mass is 79.9. The second kappa shape index (κ2) is 10.4. The van der Waals surface area contributed by atoms with Gasteiger partial charge < -0.3 is 15.2 Å². The number of carbonyl (C=O) groups is 1. The number of esters is 1. The maximum atomic E-state index is 11.0. The van der Waals surface area contributed by atoms with Crippen molar-refractivity contribution < 1.29 is 14.6 Å². The largest absolute Gasteiger partial charge is 0.468 e. The Morgan fingerprint density at radius 3 is 2.67 bits per heavy atom. The number of unbranched alkanes of at least 4 members (excludes halogenated alkanes) is 3. The van der Waals surface area contributed by atoms with Crippen molar-refractivity contribution >= 4 is 21.9 Å². The lowest BCUT2D eigenvalue weighted by atomic mass is 10.2. The van der Waals surface area contributed by atoms with Gasteiger partial charge in [-0.3, -0.25) is 4.79 Å². The first-order valence-electron chi connectivity index (χ1n) is 5.25. The Balaban J connectivity index is 3.20. The molecule has 1 unspecified atom stereocenters. The molecule has 0 aliphatic rings. The number of rotatable bonds is 9. The fourth-order valence-corrected chi connectivity index (χ4v) is 1.57. The molecule has 0 rings (SSSR count). The van der Waals surface area contributed by atoms with Crippen molar-refractivity contribution in [3.63, 3.8) is 0 Å². The minimum Gasteiger partial charge on any atom is -0.468 e. The number of methoxy groups -OCH3 is 1. The molecule has 0 bridgehead atoms. The Kier molecular flexibility index (Phi) is 10.3. The Labute approximate surface area is 99.5 Å². The molecule has 2 N–H and O–H groups in total. The van der Waals surface area contributed by atoms with E-state index in [1.807, 2.05) is 0 Å². The van der Waals surface area contributed by atoms with E-state index in [1.54, 1.807) is 0 Å². The van der Waals surface area contributed by atoms with Crippen LogP contribution in [0, 0.1) is 0 Å². The number of nitrogens with one attached hydrogen (secondary N) is 1. The second-order valence-electron chi connectivity index (χ2n) is 3.33. The minimum absolute atomic E-state index is 0.247. The van der Waals surface area contributed by atoms with E-state index in [4.69, 9.17) is 5.11 Å². The van der Waals surface area contributed by atoms with Crippen molar-refractivity contribution in [1.29, 1.82) is 0 Å². The third-order valence-corrected chi connectivity index (χ3v) is 2.74. The molecule has 0 aromatic heterocycles. The second-order valence-corrected chi connectivity index (χ2v) is 4.44. The predicted octanol–water partition coefficient (Wildman–Crippen LogP) is 1.07. The topological polar surface area (TPSA) is 58.6 Å². The van der Waals surface area contributed by atoms with Crippen LogP contribution in [0.1, 0.15) is 25.7 Å². The van der Waals surface area contributed by atoms with Crippen LogP contribution in [0.5, 0.6) is 0 Å². The highest BCUT2D eigenvalue weighted by Gasteiger charge is 2.13. The summed E-state index contributed by atoms with van der Waals surface area (Å²) in [6, 6.07) is 0. The zero-order valence-corrected chi connectivity index (χ0v) is 10.8. The molecule has 0 aliphatic heterocycles. The van der Waals surface area contributed by atoms with Gasteiger partial charge >= 0.3 is 5.97 Å². The number of aliphatic hydroxyl groups is 1. The van der Waals surface area contributed by atoms with E-state index in [1.165, 1.54) is 7.11 Å². The first-order chi connectivity index (χ1) is 7.22. The minimum atomic E-state index is -0.264. The third kappa shape index (κ3) is 8.84. The van der Waals surface area contributed by atoms with E-state index in [-0.39, 0.29) is 17.4 Å². The summed E-state index contributed by atoms with van der Waals surface area (Å²) in [7, 11) is 1.38. The molecule has 0 amide bonds. The first-order valence-corrected chi connectivity index (χ1v) is 6.17. The zero-order valence-electron chi connectivity index (χ0n) is 9.17. The fraction of sp³-hybridized carbons (Fsp3) is 0.900. The fourth-order valence-electron chi connectivity index (χ4n) is 1.16. The van der Waals surface area contributed by atoms with Crippen LogP contribution in [0.2, 0.25) is 0 Å². The molecule has 90 valence electrons. The number of ether oxygens (including phenoxy) is 1. The molecule has 1 atom stereocenters. The quantitative estimate of drug-likeness (QED) is 0.377. The molecule has 0 aromatic carbocycles. The van der Waals surface area contributed by atoms with Crippen molar-refractivity contribution in [2.45, 2.75) is 30.5 Å². The maximum absolute atomic E-state index is 11.0. The highest BCUT2D eigenvalue weighted by Crippen LogP contribution is 2.01. The van der Waals surface area contributed by atoms with Gasteiger partial charge in [0.05, 0.1) is 7.11 Å². The van der Waals surface area contributed by atoms with Gasteiger partial charge in [0.1, 0.15) is 4.83 Å². The van der Waals surface area contributed by atoms with Gasteiger partial charge in [0.2, 0.25) is 0 Å². The average molecular weight is 282 g/mol. The number of hydrogen-bond donors (Lipinski definition) is 2. The van der Waals surface area contributed by atoms with E-state index in [9.17, 15) is 4.79 Å². The van der Waals surface area contributed by atoms with Gasteiger partial charge in [-0.25, -0.2) is 0 Å².